The number of benzene rings is 1. The Morgan fingerprint density at radius 3 is 2.80 bits per heavy atom. The predicted octanol–water partition coefficient (Wildman–Crippen LogP) is 4.46. The van der Waals surface area contributed by atoms with Gasteiger partial charge in [-0.25, -0.2) is 4.39 Å². The van der Waals surface area contributed by atoms with Crippen LogP contribution in [0.3, 0.4) is 0 Å². The van der Waals surface area contributed by atoms with Crippen molar-refractivity contribution in [2.75, 3.05) is 13.2 Å². The zero-order valence-corrected chi connectivity index (χ0v) is 12.6. The molecule has 0 saturated heterocycles. The van der Waals surface area contributed by atoms with E-state index in [4.69, 9.17) is 4.74 Å². The SMILES string of the molecule is CCCNC(C)c1ccc(OCCC2CCC2)c(F)c1. The van der Waals surface area contributed by atoms with Gasteiger partial charge in [-0.1, -0.05) is 32.3 Å². The normalized spacial score (nSPS) is 16.8. The molecule has 1 saturated carbocycles. The Balaban J connectivity index is 1.84. The quantitative estimate of drug-likeness (QED) is 0.759. The summed E-state index contributed by atoms with van der Waals surface area (Å²) >= 11 is 0. The van der Waals surface area contributed by atoms with Crippen LogP contribution >= 0.6 is 0 Å². The molecule has 2 rings (SSSR count). The van der Waals surface area contributed by atoms with E-state index in [1.165, 1.54) is 19.3 Å². The lowest BCUT2D eigenvalue weighted by molar-refractivity contribution is 0.216. The van der Waals surface area contributed by atoms with Crippen molar-refractivity contribution in [1.29, 1.82) is 0 Å². The molecule has 1 aliphatic rings. The molecule has 1 atom stereocenters. The predicted molar refractivity (Wildman–Crippen MR) is 80.6 cm³/mol. The molecule has 1 N–H and O–H groups in total. The molecule has 1 fully saturated rings. The van der Waals surface area contributed by atoms with Gasteiger partial charge in [0.25, 0.3) is 0 Å². The van der Waals surface area contributed by atoms with Gasteiger partial charge in [0, 0.05) is 6.04 Å². The molecular weight excluding hydrogens is 253 g/mol. The minimum absolute atomic E-state index is 0.175. The lowest BCUT2D eigenvalue weighted by Crippen LogP contribution is -2.19. The summed E-state index contributed by atoms with van der Waals surface area (Å²) in [5.41, 5.74) is 0.974. The van der Waals surface area contributed by atoms with Crippen LogP contribution in [-0.4, -0.2) is 13.2 Å². The Hall–Kier alpha value is -1.09. The van der Waals surface area contributed by atoms with Crippen LogP contribution in [0.15, 0.2) is 18.2 Å². The number of hydrogen-bond donors (Lipinski definition) is 1. The average molecular weight is 279 g/mol. The fourth-order valence-electron chi connectivity index (χ4n) is 2.50. The topological polar surface area (TPSA) is 21.3 Å². The Morgan fingerprint density at radius 1 is 1.40 bits per heavy atom. The molecule has 0 aliphatic heterocycles. The molecule has 0 bridgehead atoms. The molecule has 0 aromatic heterocycles. The monoisotopic (exact) mass is 279 g/mol. The van der Waals surface area contributed by atoms with Crippen molar-refractivity contribution < 1.29 is 9.13 Å². The highest BCUT2D eigenvalue weighted by Crippen LogP contribution is 2.30. The lowest BCUT2D eigenvalue weighted by atomic mass is 9.83. The van der Waals surface area contributed by atoms with Crippen molar-refractivity contribution >= 4 is 0 Å². The van der Waals surface area contributed by atoms with Crippen LogP contribution in [0, 0.1) is 11.7 Å². The zero-order chi connectivity index (χ0) is 14.4. The number of rotatable bonds is 8. The third kappa shape index (κ3) is 4.20. The first-order valence-electron chi connectivity index (χ1n) is 7.86. The standard InChI is InChI=1S/C17H26FNO/c1-3-10-19-13(2)15-7-8-17(16(18)12-15)20-11-9-14-5-4-6-14/h7-8,12-14,19H,3-6,9-11H2,1-2H3. The molecule has 1 aromatic carbocycles. The highest BCUT2D eigenvalue weighted by atomic mass is 19.1. The number of hydrogen-bond acceptors (Lipinski definition) is 2. The summed E-state index contributed by atoms with van der Waals surface area (Å²) in [6.07, 6.45) is 6.10. The van der Waals surface area contributed by atoms with Gasteiger partial charge < -0.3 is 10.1 Å². The second kappa shape index (κ2) is 7.63. The average Bonchev–Trinajstić information content (AvgIpc) is 2.40. The van der Waals surface area contributed by atoms with Crippen LogP contribution < -0.4 is 10.1 Å². The van der Waals surface area contributed by atoms with Gasteiger partial charge in [-0.2, -0.15) is 0 Å². The number of nitrogens with one attached hydrogen (secondary N) is 1. The molecule has 1 aliphatic carbocycles. The molecular formula is C17H26FNO. The highest BCUT2D eigenvalue weighted by molar-refractivity contribution is 5.30. The van der Waals surface area contributed by atoms with Crippen molar-refractivity contribution in [2.45, 2.75) is 52.0 Å². The van der Waals surface area contributed by atoms with E-state index in [0.29, 0.717) is 12.4 Å². The fraction of sp³-hybridized carbons (Fsp3) is 0.647. The first kappa shape index (κ1) is 15.3. The molecule has 3 heteroatoms. The van der Waals surface area contributed by atoms with E-state index in [1.54, 1.807) is 12.1 Å². The maximum atomic E-state index is 14.0. The first-order chi connectivity index (χ1) is 9.70. The molecule has 0 radical (unpaired) electrons. The third-order valence-electron chi connectivity index (χ3n) is 4.16. The Morgan fingerprint density at radius 2 is 2.20 bits per heavy atom. The maximum absolute atomic E-state index is 14.0. The molecule has 0 heterocycles. The van der Waals surface area contributed by atoms with Gasteiger partial charge in [-0.3, -0.25) is 0 Å². The number of halogens is 1. The third-order valence-corrected chi connectivity index (χ3v) is 4.16. The summed E-state index contributed by atoms with van der Waals surface area (Å²) in [6, 6.07) is 5.48. The van der Waals surface area contributed by atoms with E-state index in [0.717, 1.165) is 30.9 Å². The molecule has 2 nitrogen and oxygen atoms in total. The van der Waals surface area contributed by atoms with Crippen LogP contribution in [0.4, 0.5) is 4.39 Å². The van der Waals surface area contributed by atoms with Crippen LogP contribution in [0.1, 0.15) is 57.6 Å². The van der Waals surface area contributed by atoms with E-state index >= 15 is 0 Å². The Kier molecular flexibility index (Phi) is 5.84. The summed E-state index contributed by atoms with van der Waals surface area (Å²) in [5.74, 6) is 0.938. The van der Waals surface area contributed by atoms with Crippen LogP contribution in [0.25, 0.3) is 0 Å². The maximum Gasteiger partial charge on any atom is 0.165 e. The van der Waals surface area contributed by atoms with Crippen molar-refractivity contribution in [3.05, 3.63) is 29.6 Å². The van der Waals surface area contributed by atoms with E-state index in [1.807, 2.05) is 6.07 Å². The summed E-state index contributed by atoms with van der Waals surface area (Å²) in [4.78, 5) is 0. The molecule has 112 valence electrons. The minimum atomic E-state index is -0.249. The second-order valence-corrected chi connectivity index (χ2v) is 5.80. The Labute approximate surface area is 121 Å². The van der Waals surface area contributed by atoms with E-state index < -0.39 is 0 Å². The van der Waals surface area contributed by atoms with Gasteiger partial charge in [-0.15, -0.1) is 0 Å². The zero-order valence-electron chi connectivity index (χ0n) is 12.6. The smallest absolute Gasteiger partial charge is 0.165 e. The van der Waals surface area contributed by atoms with E-state index in [9.17, 15) is 4.39 Å². The van der Waals surface area contributed by atoms with Crippen molar-refractivity contribution in [1.82, 2.24) is 5.32 Å². The minimum Gasteiger partial charge on any atom is -0.491 e. The van der Waals surface area contributed by atoms with Gasteiger partial charge in [0.05, 0.1) is 6.61 Å². The first-order valence-corrected chi connectivity index (χ1v) is 7.86. The van der Waals surface area contributed by atoms with E-state index in [-0.39, 0.29) is 11.9 Å². The van der Waals surface area contributed by atoms with Gasteiger partial charge >= 0.3 is 0 Å². The molecule has 20 heavy (non-hydrogen) atoms. The summed E-state index contributed by atoms with van der Waals surface area (Å²) in [7, 11) is 0. The van der Waals surface area contributed by atoms with Crippen molar-refractivity contribution in [3.8, 4) is 5.75 Å². The fourth-order valence-corrected chi connectivity index (χ4v) is 2.50. The van der Waals surface area contributed by atoms with Crippen LogP contribution in [0.2, 0.25) is 0 Å². The highest BCUT2D eigenvalue weighted by Gasteiger charge is 2.17. The lowest BCUT2D eigenvalue weighted by Gasteiger charge is -2.25. The molecule has 0 amide bonds. The second-order valence-electron chi connectivity index (χ2n) is 5.80. The van der Waals surface area contributed by atoms with Gasteiger partial charge in [0.15, 0.2) is 11.6 Å². The largest absolute Gasteiger partial charge is 0.491 e. The van der Waals surface area contributed by atoms with Crippen molar-refractivity contribution in [2.24, 2.45) is 5.92 Å². The van der Waals surface area contributed by atoms with Crippen molar-refractivity contribution in [3.63, 3.8) is 0 Å². The molecule has 0 spiro atoms. The van der Waals surface area contributed by atoms with Gasteiger partial charge in [0.1, 0.15) is 0 Å². The number of ether oxygens (including phenoxy) is 1. The summed E-state index contributed by atoms with van der Waals surface area (Å²) in [5, 5.41) is 3.36. The van der Waals surface area contributed by atoms with Crippen LogP contribution in [-0.2, 0) is 0 Å². The Bertz CT molecular complexity index is 417. The van der Waals surface area contributed by atoms with Gasteiger partial charge in [0.2, 0.25) is 0 Å². The molecule has 1 aromatic rings. The molecule has 1 unspecified atom stereocenters. The summed E-state index contributed by atoms with van der Waals surface area (Å²) in [6.45, 7) is 5.76. The van der Waals surface area contributed by atoms with E-state index in [2.05, 4.69) is 19.2 Å². The summed E-state index contributed by atoms with van der Waals surface area (Å²) < 4.78 is 19.6. The van der Waals surface area contributed by atoms with Gasteiger partial charge in [-0.05, 0) is 49.9 Å². The van der Waals surface area contributed by atoms with Crippen LogP contribution in [0.5, 0.6) is 5.75 Å².